The maximum atomic E-state index is 5.99. The number of hydrogen-bond acceptors (Lipinski definition) is 4. The highest BCUT2D eigenvalue weighted by Gasteiger charge is 2.10. The lowest BCUT2D eigenvalue weighted by Gasteiger charge is -2.01. The van der Waals surface area contributed by atoms with Crippen LogP contribution in [0, 0.1) is 6.92 Å². The van der Waals surface area contributed by atoms with Crippen LogP contribution in [0.2, 0.25) is 5.02 Å². The number of rotatable bonds is 2. The highest BCUT2D eigenvalue weighted by Crippen LogP contribution is 2.25. The summed E-state index contributed by atoms with van der Waals surface area (Å²) in [5.41, 5.74) is 7.19. The Morgan fingerprint density at radius 3 is 2.93 bits per heavy atom. The van der Waals surface area contributed by atoms with E-state index in [1.165, 1.54) is 0 Å². The van der Waals surface area contributed by atoms with Crippen LogP contribution in [-0.2, 0) is 6.54 Å². The van der Waals surface area contributed by atoms with Gasteiger partial charge in [0.1, 0.15) is 0 Å². The van der Waals surface area contributed by atoms with E-state index in [0.29, 0.717) is 16.7 Å². The molecule has 1 heterocycles. The summed E-state index contributed by atoms with van der Waals surface area (Å²) in [6.45, 7) is 2.16. The molecule has 0 saturated heterocycles. The van der Waals surface area contributed by atoms with Crippen molar-refractivity contribution < 1.29 is 4.52 Å². The number of aromatic nitrogens is 2. The second kappa shape index (κ2) is 4.00. The summed E-state index contributed by atoms with van der Waals surface area (Å²) in [5, 5.41) is 4.52. The number of nitrogens with two attached hydrogens (primary N) is 1. The Labute approximate surface area is 92.0 Å². The molecule has 1 aromatic heterocycles. The standard InChI is InChI=1S/C10H10ClN3O/c1-6-7(3-2-4-8(6)11)10-13-9(5-12)15-14-10/h2-4H,5,12H2,1H3. The zero-order chi connectivity index (χ0) is 10.8. The second-order valence-electron chi connectivity index (χ2n) is 3.13. The van der Waals surface area contributed by atoms with Crippen molar-refractivity contribution in [3.63, 3.8) is 0 Å². The van der Waals surface area contributed by atoms with Gasteiger partial charge in [0.2, 0.25) is 11.7 Å². The molecule has 0 aliphatic rings. The van der Waals surface area contributed by atoms with E-state index in [4.69, 9.17) is 21.9 Å². The van der Waals surface area contributed by atoms with Crippen molar-refractivity contribution in [1.29, 1.82) is 0 Å². The van der Waals surface area contributed by atoms with Crippen molar-refractivity contribution >= 4 is 11.6 Å². The van der Waals surface area contributed by atoms with E-state index < -0.39 is 0 Å². The fourth-order valence-corrected chi connectivity index (χ4v) is 1.47. The van der Waals surface area contributed by atoms with Gasteiger partial charge in [0.25, 0.3) is 0 Å². The Morgan fingerprint density at radius 2 is 2.27 bits per heavy atom. The lowest BCUT2D eigenvalue weighted by atomic mass is 10.1. The zero-order valence-electron chi connectivity index (χ0n) is 8.20. The predicted molar refractivity (Wildman–Crippen MR) is 57.4 cm³/mol. The van der Waals surface area contributed by atoms with Crippen LogP contribution < -0.4 is 5.73 Å². The molecule has 0 saturated carbocycles. The quantitative estimate of drug-likeness (QED) is 0.847. The van der Waals surface area contributed by atoms with E-state index in [1.807, 2.05) is 25.1 Å². The Bertz CT molecular complexity index is 481. The molecule has 5 heteroatoms. The normalized spacial score (nSPS) is 10.6. The predicted octanol–water partition coefficient (Wildman–Crippen LogP) is 2.16. The average molecular weight is 224 g/mol. The van der Waals surface area contributed by atoms with Gasteiger partial charge in [-0.3, -0.25) is 0 Å². The highest BCUT2D eigenvalue weighted by molar-refractivity contribution is 6.31. The molecule has 0 aliphatic carbocycles. The van der Waals surface area contributed by atoms with Crippen molar-refractivity contribution in [1.82, 2.24) is 10.1 Å². The summed E-state index contributed by atoms with van der Waals surface area (Å²) >= 11 is 5.99. The van der Waals surface area contributed by atoms with Crippen molar-refractivity contribution in [2.75, 3.05) is 0 Å². The maximum Gasteiger partial charge on any atom is 0.240 e. The lowest BCUT2D eigenvalue weighted by molar-refractivity contribution is 0.380. The van der Waals surface area contributed by atoms with Crippen LogP contribution >= 0.6 is 11.6 Å². The maximum absolute atomic E-state index is 5.99. The number of halogens is 1. The van der Waals surface area contributed by atoms with E-state index in [2.05, 4.69) is 10.1 Å². The summed E-state index contributed by atoms with van der Waals surface area (Å²) in [5.74, 6) is 0.944. The number of hydrogen-bond donors (Lipinski definition) is 1. The van der Waals surface area contributed by atoms with Crippen molar-refractivity contribution in [3.8, 4) is 11.4 Å². The zero-order valence-corrected chi connectivity index (χ0v) is 8.95. The first kappa shape index (κ1) is 10.1. The molecule has 4 nitrogen and oxygen atoms in total. The molecule has 0 spiro atoms. The molecule has 0 atom stereocenters. The minimum atomic E-state index is 0.243. The van der Waals surface area contributed by atoms with Gasteiger partial charge < -0.3 is 10.3 Å². The molecule has 2 N–H and O–H groups in total. The van der Waals surface area contributed by atoms with E-state index in [9.17, 15) is 0 Å². The minimum absolute atomic E-state index is 0.243. The van der Waals surface area contributed by atoms with Gasteiger partial charge in [-0.2, -0.15) is 4.98 Å². The third-order valence-electron chi connectivity index (χ3n) is 2.15. The summed E-state index contributed by atoms with van der Waals surface area (Å²) in [7, 11) is 0. The molecule has 78 valence electrons. The Morgan fingerprint density at radius 1 is 1.47 bits per heavy atom. The molecule has 0 unspecified atom stereocenters. The average Bonchev–Trinajstić information content (AvgIpc) is 2.70. The lowest BCUT2D eigenvalue weighted by Crippen LogP contribution is -1.95. The molecular formula is C10H10ClN3O. The fourth-order valence-electron chi connectivity index (χ4n) is 1.30. The van der Waals surface area contributed by atoms with Gasteiger partial charge in [0.05, 0.1) is 6.54 Å². The minimum Gasteiger partial charge on any atom is -0.338 e. The van der Waals surface area contributed by atoms with Crippen LogP contribution in [0.1, 0.15) is 11.5 Å². The molecular weight excluding hydrogens is 214 g/mol. The van der Waals surface area contributed by atoms with E-state index >= 15 is 0 Å². The highest BCUT2D eigenvalue weighted by atomic mass is 35.5. The van der Waals surface area contributed by atoms with Gasteiger partial charge in [-0.15, -0.1) is 0 Å². The monoisotopic (exact) mass is 223 g/mol. The Hall–Kier alpha value is -1.39. The van der Waals surface area contributed by atoms with Crippen molar-refractivity contribution in [2.24, 2.45) is 5.73 Å². The van der Waals surface area contributed by atoms with Gasteiger partial charge in [0, 0.05) is 10.6 Å². The number of nitrogens with zero attached hydrogens (tertiary/aromatic N) is 2. The summed E-state index contributed by atoms with van der Waals surface area (Å²) in [6, 6.07) is 5.57. The fraction of sp³-hybridized carbons (Fsp3) is 0.200. The molecule has 0 radical (unpaired) electrons. The number of benzene rings is 1. The largest absolute Gasteiger partial charge is 0.338 e. The SMILES string of the molecule is Cc1c(Cl)cccc1-c1noc(CN)n1. The van der Waals surface area contributed by atoms with Gasteiger partial charge in [-0.1, -0.05) is 28.9 Å². The smallest absolute Gasteiger partial charge is 0.240 e. The summed E-state index contributed by atoms with van der Waals surface area (Å²) < 4.78 is 4.93. The Balaban J connectivity index is 2.49. The van der Waals surface area contributed by atoms with Crippen LogP contribution in [0.4, 0.5) is 0 Å². The van der Waals surface area contributed by atoms with Crippen LogP contribution in [0.25, 0.3) is 11.4 Å². The van der Waals surface area contributed by atoms with Gasteiger partial charge in [-0.05, 0) is 18.6 Å². The molecule has 0 bridgehead atoms. The molecule has 0 amide bonds. The van der Waals surface area contributed by atoms with Crippen LogP contribution in [0.15, 0.2) is 22.7 Å². The third-order valence-corrected chi connectivity index (χ3v) is 2.56. The van der Waals surface area contributed by atoms with E-state index in [-0.39, 0.29) is 6.54 Å². The molecule has 0 aliphatic heterocycles. The summed E-state index contributed by atoms with van der Waals surface area (Å²) in [4.78, 5) is 4.14. The van der Waals surface area contributed by atoms with Crippen molar-refractivity contribution in [2.45, 2.75) is 13.5 Å². The first-order valence-electron chi connectivity index (χ1n) is 4.50. The molecule has 0 fully saturated rings. The van der Waals surface area contributed by atoms with Gasteiger partial charge >= 0.3 is 0 Å². The molecule has 1 aromatic carbocycles. The third kappa shape index (κ3) is 1.86. The second-order valence-corrected chi connectivity index (χ2v) is 3.54. The van der Waals surface area contributed by atoms with Crippen molar-refractivity contribution in [3.05, 3.63) is 34.7 Å². The van der Waals surface area contributed by atoms with Crippen LogP contribution in [0.5, 0.6) is 0 Å². The van der Waals surface area contributed by atoms with Crippen LogP contribution in [-0.4, -0.2) is 10.1 Å². The molecule has 2 aromatic rings. The van der Waals surface area contributed by atoms with E-state index in [0.717, 1.165) is 11.1 Å². The Kier molecular flexibility index (Phi) is 2.70. The first-order chi connectivity index (χ1) is 7.22. The van der Waals surface area contributed by atoms with Gasteiger partial charge in [0.15, 0.2) is 0 Å². The van der Waals surface area contributed by atoms with Gasteiger partial charge in [-0.25, -0.2) is 0 Å². The topological polar surface area (TPSA) is 64.9 Å². The first-order valence-corrected chi connectivity index (χ1v) is 4.88. The molecule has 15 heavy (non-hydrogen) atoms. The van der Waals surface area contributed by atoms with E-state index in [1.54, 1.807) is 0 Å². The summed E-state index contributed by atoms with van der Waals surface area (Å²) in [6.07, 6.45) is 0. The van der Waals surface area contributed by atoms with Crippen LogP contribution in [0.3, 0.4) is 0 Å². The molecule has 2 rings (SSSR count).